The first-order valence-electron chi connectivity index (χ1n) is 8.58. The van der Waals surface area contributed by atoms with Gasteiger partial charge in [-0.05, 0) is 24.6 Å². The van der Waals surface area contributed by atoms with Gasteiger partial charge in [-0.25, -0.2) is 14.2 Å². The second-order valence-corrected chi connectivity index (χ2v) is 7.23. The maximum Gasteiger partial charge on any atom is 0.326 e. The summed E-state index contributed by atoms with van der Waals surface area (Å²) in [4.78, 5) is 32.2. The van der Waals surface area contributed by atoms with Crippen LogP contribution in [0.3, 0.4) is 0 Å². The van der Waals surface area contributed by atoms with E-state index in [2.05, 4.69) is 4.98 Å². The average molecular weight is 410 g/mol. The minimum absolute atomic E-state index is 0.0804. The first-order valence-corrected chi connectivity index (χ1v) is 9.34. The summed E-state index contributed by atoms with van der Waals surface area (Å²) in [7, 11) is 0. The number of amides is 2. The standard InChI is InChI=1S/C19H18Cl2FN3O2/c1-2-4-15-10-25(18-16(22)8-14(21)9-23-18)19(27)24(15)11-17(26)12-5-3-6-13(20)7-12/h3,5-9,15H,2,4,10-11H2,1H3/t15-/m0/s1. The molecule has 27 heavy (non-hydrogen) atoms. The number of aromatic nitrogens is 1. The van der Waals surface area contributed by atoms with E-state index in [-0.39, 0.29) is 35.8 Å². The van der Waals surface area contributed by atoms with E-state index < -0.39 is 11.8 Å². The Hall–Kier alpha value is -2.18. The van der Waals surface area contributed by atoms with E-state index in [0.29, 0.717) is 17.0 Å². The number of carbonyl (C=O) groups excluding carboxylic acids is 2. The summed E-state index contributed by atoms with van der Waals surface area (Å²) in [6.07, 6.45) is 2.81. The van der Waals surface area contributed by atoms with Gasteiger partial charge in [-0.1, -0.05) is 48.7 Å². The Morgan fingerprint density at radius 2 is 2.07 bits per heavy atom. The number of ketones is 1. The maximum atomic E-state index is 14.2. The molecule has 5 nitrogen and oxygen atoms in total. The van der Waals surface area contributed by atoms with Crippen LogP contribution in [0.1, 0.15) is 30.1 Å². The van der Waals surface area contributed by atoms with Gasteiger partial charge in [0.2, 0.25) is 0 Å². The lowest BCUT2D eigenvalue weighted by molar-refractivity contribution is 0.0935. The van der Waals surface area contributed by atoms with Crippen molar-refractivity contribution in [3.05, 3.63) is 58.0 Å². The van der Waals surface area contributed by atoms with Gasteiger partial charge in [0.15, 0.2) is 17.4 Å². The largest absolute Gasteiger partial charge is 0.326 e. The smallest absolute Gasteiger partial charge is 0.312 e. The number of rotatable bonds is 6. The van der Waals surface area contributed by atoms with Crippen LogP contribution in [0, 0.1) is 5.82 Å². The Kier molecular flexibility index (Phi) is 5.97. The van der Waals surface area contributed by atoms with Crippen LogP contribution in [0.15, 0.2) is 36.5 Å². The molecule has 1 fully saturated rings. The molecule has 1 saturated heterocycles. The zero-order valence-corrected chi connectivity index (χ0v) is 16.2. The average Bonchev–Trinajstić information content (AvgIpc) is 2.91. The molecule has 1 aromatic heterocycles. The molecule has 1 atom stereocenters. The molecule has 0 saturated carbocycles. The third-order valence-electron chi connectivity index (χ3n) is 4.44. The molecule has 2 heterocycles. The molecule has 1 aliphatic heterocycles. The number of nitrogens with zero attached hydrogens (tertiary/aromatic N) is 3. The van der Waals surface area contributed by atoms with Gasteiger partial charge in [-0.2, -0.15) is 0 Å². The van der Waals surface area contributed by atoms with E-state index in [1.165, 1.54) is 16.0 Å². The summed E-state index contributed by atoms with van der Waals surface area (Å²) in [5.41, 5.74) is 0.430. The lowest BCUT2D eigenvalue weighted by Gasteiger charge is -2.22. The predicted molar refractivity (Wildman–Crippen MR) is 103 cm³/mol. The van der Waals surface area contributed by atoms with Crippen molar-refractivity contribution in [1.82, 2.24) is 9.88 Å². The second kappa shape index (κ2) is 8.23. The maximum absolute atomic E-state index is 14.2. The highest BCUT2D eigenvalue weighted by Crippen LogP contribution is 2.28. The van der Waals surface area contributed by atoms with Crippen molar-refractivity contribution in [2.45, 2.75) is 25.8 Å². The highest BCUT2D eigenvalue weighted by atomic mass is 35.5. The number of urea groups is 1. The number of hydrogen-bond donors (Lipinski definition) is 0. The molecule has 2 aromatic rings. The van der Waals surface area contributed by atoms with Crippen LogP contribution >= 0.6 is 23.2 Å². The van der Waals surface area contributed by atoms with Crippen molar-refractivity contribution in [1.29, 1.82) is 0 Å². The Morgan fingerprint density at radius 1 is 1.30 bits per heavy atom. The Bertz CT molecular complexity index is 878. The second-order valence-electron chi connectivity index (χ2n) is 6.36. The van der Waals surface area contributed by atoms with Gasteiger partial charge in [0.25, 0.3) is 0 Å². The summed E-state index contributed by atoms with van der Waals surface area (Å²) >= 11 is 11.7. The number of hydrogen-bond acceptors (Lipinski definition) is 3. The van der Waals surface area contributed by atoms with Crippen molar-refractivity contribution >= 4 is 40.8 Å². The predicted octanol–water partition coefficient (Wildman–Crippen LogP) is 4.82. The van der Waals surface area contributed by atoms with Crippen molar-refractivity contribution in [3.8, 4) is 0 Å². The van der Waals surface area contributed by atoms with Gasteiger partial charge in [-0.3, -0.25) is 9.69 Å². The summed E-state index contributed by atoms with van der Waals surface area (Å²) < 4.78 is 14.2. The van der Waals surface area contributed by atoms with Crippen molar-refractivity contribution < 1.29 is 14.0 Å². The topological polar surface area (TPSA) is 53.5 Å². The van der Waals surface area contributed by atoms with E-state index in [4.69, 9.17) is 23.2 Å². The zero-order chi connectivity index (χ0) is 19.6. The lowest BCUT2D eigenvalue weighted by Crippen LogP contribution is -2.39. The van der Waals surface area contributed by atoms with E-state index in [9.17, 15) is 14.0 Å². The molecule has 3 rings (SSSR count). The van der Waals surface area contributed by atoms with Crippen LogP contribution in [-0.2, 0) is 0 Å². The highest BCUT2D eigenvalue weighted by molar-refractivity contribution is 6.31. The molecule has 1 aliphatic rings. The van der Waals surface area contributed by atoms with Crippen molar-refractivity contribution in [2.75, 3.05) is 18.0 Å². The van der Waals surface area contributed by atoms with Gasteiger partial charge < -0.3 is 4.90 Å². The van der Waals surface area contributed by atoms with Gasteiger partial charge >= 0.3 is 6.03 Å². The van der Waals surface area contributed by atoms with Crippen LogP contribution in [0.5, 0.6) is 0 Å². The SMILES string of the molecule is CCC[C@H]1CN(c2ncc(Cl)cc2F)C(=O)N1CC(=O)c1cccc(Cl)c1. The van der Waals surface area contributed by atoms with E-state index in [1.807, 2.05) is 6.92 Å². The molecule has 8 heteroatoms. The quantitative estimate of drug-likeness (QED) is 0.642. The monoisotopic (exact) mass is 409 g/mol. The van der Waals surface area contributed by atoms with Crippen LogP contribution in [0.2, 0.25) is 10.0 Å². The third kappa shape index (κ3) is 4.22. The summed E-state index contributed by atoms with van der Waals surface area (Å²) in [5.74, 6) is -0.976. The molecule has 0 radical (unpaired) electrons. The van der Waals surface area contributed by atoms with Crippen LogP contribution < -0.4 is 4.90 Å². The molecule has 142 valence electrons. The van der Waals surface area contributed by atoms with Gasteiger partial charge in [0.05, 0.1) is 17.6 Å². The number of halogens is 3. The molecule has 0 aliphatic carbocycles. The van der Waals surface area contributed by atoms with Gasteiger partial charge in [0.1, 0.15) is 0 Å². The fraction of sp³-hybridized carbons (Fsp3) is 0.316. The molecule has 1 aromatic carbocycles. The van der Waals surface area contributed by atoms with Crippen molar-refractivity contribution in [2.24, 2.45) is 0 Å². The molecule has 0 unspecified atom stereocenters. The number of pyridine rings is 1. The normalized spacial score (nSPS) is 16.9. The summed E-state index contributed by atoms with van der Waals surface area (Å²) in [6, 6.07) is 7.05. The zero-order valence-electron chi connectivity index (χ0n) is 14.7. The van der Waals surface area contributed by atoms with E-state index in [0.717, 1.165) is 12.5 Å². The highest BCUT2D eigenvalue weighted by Gasteiger charge is 2.40. The van der Waals surface area contributed by atoms with Crippen molar-refractivity contribution in [3.63, 3.8) is 0 Å². The number of benzene rings is 1. The first kappa shape index (κ1) is 19.6. The molecule has 2 amide bonds. The van der Waals surface area contributed by atoms with E-state index >= 15 is 0 Å². The van der Waals surface area contributed by atoms with Crippen LogP contribution in [-0.4, -0.2) is 40.8 Å². The number of Topliss-reactive ketones (excluding diaryl/α,β-unsaturated/α-hetero) is 1. The Balaban J connectivity index is 1.84. The minimum Gasteiger partial charge on any atom is -0.312 e. The molecule has 0 N–H and O–H groups in total. The first-order chi connectivity index (χ1) is 12.9. The molecular weight excluding hydrogens is 392 g/mol. The fourth-order valence-electron chi connectivity index (χ4n) is 3.17. The Labute approximate surface area is 166 Å². The number of carbonyl (C=O) groups is 2. The molecule has 0 bridgehead atoms. The third-order valence-corrected chi connectivity index (χ3v) is 4.88. The van der Waals surface area contributed by atoms with Crippen LogP contribution in [0.25, 0.3) is 0 Å². The van der Waals surface area contributed by atoms with Gasteiger partial charge in [0, 0.05) is 23.3 Å². The minimum atomic E-state index is -0.672. The molecule has 0 spiro atoms. The van der Waals surface area contributed by atoms with Crippen LogP contribution in [0.4, 0.5) is 15.0 Å². The number of anilines is 1. The lowest BCUT2D eigenvalue weighted by atomic mass is 10.1. The van der Waals surface area contributed by atoms with E-state index in [1.54, 1.807) is 24.3 Å². The fourth-order valence-corrected chi connectivity index (χ4v) is 3.50. The molecular formula is C19H18Cl2FN3O2. The Morgan fingerprint density at radius 3 is 2.74 bits per heavy atom. The summed E-state index contributed by atoms with van der Waals surface area (Å²) in [6.45, 7) is 2.15. The summed E-state index contributed by atoms with van der Waals surface area (Å²) in [5, 5.41) is 0.605. The van der Waals surface area contributed by atoms with Gasteiger partial charge in [-0.15, -0.1) is 0 Å².